The number of nitrogens with zero attached hydrogens (tertiary/aromatic N) is 3. The fraction of sp³-hybridized carbons (Fsp3) is 0.857. The summed E-state index contributed by atoms with van der Waals surface area (Å²) >= 11 is 0. The maximum Gasteiger partial charge on any atom is 0.306 e. The molecule has 0 spiro atoms. The molecule has 0 bridgehead atoms. The van der Waals surface area contributed by atoms with Gasteiger partial charge in [-0.05, 0) is 12.5 Å². The first kappa shape index (κ1) is 10.8. The van der Waals surface area contributed by atoms with Gasteiger partial charge in [-0.2, -0.15) is 0 Å². The molecular formula is C7H13N3O2. The van der Waals surface area contributed by atoms with E-state index in [4.69, 9.17) is 10.3 Å². The predicted octanol–water partition coefficient (Wildman–Crippen LogP) is 2.03. The summed E-state index contributed by atoms with van der Waals surface area (Å²) in [6, 6.07) is 0. The van der Waals surface area contributed by atoms with Gasteiger partial charge in [0.25, 0.3) is 0 Å². The van der Waals surface area contributed by atoms with Crippen LogP contribution in [0.2, 0.25) is 0 Å². The molecule has 68 valence electrons. The van der Waals surface area contributed by atoms with Crippen molar-refractivity contribution in [2.45, 2.75) is 32.7 Å². The van der Waals surface area contributed by atoms with Crippen LogP contribution < -0.4 is 0 Å². The highest BCUT2D eigenvalue weighted by molar-refractivity contribution is 5.70. The van der Waals surface area contributed by atoms with Crippen molar-refractivity contribution in [2.75, 3.05) is 6.61 Å². The highest BCUT2D eigenvalue weighted by Gasteiger charge is 2.20. The van der Waals surface area contributed by atoms with Crippen LogP contribution in [0.1, 0.15) is 27.2 Å². The molecule has 12 heavy (non-hydrogen) atoms. The average Bonchev–Trinajstić information content (AvgIpc) is 1.85. The summed E-state index contributed by atoms with van der Waals surface area (Å²) in [5, 5.41) is 3.46. The first-order chi connectivity index (χ1) is 5.52. The Kier molecular flexibility index (Phi) is 4.15. The average molecular weight is 171 g/mol. The van der Waals surface area contributed by atoms with Crippen LogP contribution in [-0.4, -0.2) is 18.1 Å². The predicted molar refractivity (Wildman–Crippen MR) is 44.5 cm³/mol. The third-order valence-corrected chi connectivity index (χ3v) is 1.20. The smallest absolute Gasteiger partial charge is 0.306 e. The van der Waals surface area contributed by atoms with Gasteiger partial charge >= 0.3 is 5.97 Å². The summed E-state index contributed by atoms with van der Waals surface area (Å²) in [5.74, 6) is -0.338. The molecule has 0 aliphatic heterocycles. The molecule has 0 saturated heterocycles. The number of hydrogen-bond acceptors (Lipinski definition) is 3. The Labute approximate surface area is 71.3 Å². The zero-order chi connectivity index (χ0) is 9.61. The van der Waals surface area contributed by atoms with E-state index >= 15 is 0 Å². The Morgan fingerprint density at radius 3 is 2.67 bits per heavy atom. The lowest BCUT2D eigenvalue weighted by Gasteiger charge is -2.15. The van der Waals surface area contributed by atoms with Crippen LogP contribution in [0.3, 0.4) is 0 Å². The van der Waals surface area contributed by atoms with Crippen LogP contribution in [-0.2, 0) is 9.53 Å². The van der Waals surface area contributed by atoms with Crippen molar-refractivity contribution in [2.24, 2.45) is 5.11 Å². The molecule has 0 atom stereocenters. The Bertz CT molecular complexity index is 207. The van der Waals surface area contributed by atoms with Crippen molar-refractivity contribution in [3.05, 3.63) is 10.4 Å². The molecule has 5 nitrogen and oxygen atoms in total. The maximum atomic E-state index is 10.9. The molecule has 0 fully saturated rings. The number of carbonyl (C=O) groups is 1. The summed E-state index contributed by atoms with van der Waals surface area (Å²) < 4.78 is 4.70. The molecule has 0 aromatic rings. The molecule has 0 unspecified atom stereocenters. The molecule has 0 heterocycles. The minimum Gasteiger partial charge on any atom is -0.466 e. The third-order valence-electron chi connectivity index (χ3n) is 1.20. The summed E-state index contributed by atoms with van der Waals surface area (Å²) in [4.78, 5) is 13.6. The van der Waals surface area contributed by atoms with Gasteiger partial charge in [-0.25, -0.2) is 0 Å². The minimum absolute atomic E-state index is 0.116. The number of hydrogen-bond donors (Lipinski definition) is 0. The van der Waals surface area contributed by atoms with Gasteiger partial charge in [-0.1, -0.05) is 19.0 Å². The second-order valence-corrected chi connectivity index (χ2v) is 2.98. The SMILES string of the molecule is CCOC(=O)CC(C)(C)N=[N+]=[N-]. The number of azide groups is 1. The van der Waals surface area contributed by atoms with Gasteiger partial charge in [-0.15, -0.1) is 0 Å². The Morgan fingerprint density at radius 1 is 1.67 bits per heavy atom. The van der Waals surface area contributed by atoms with E-state index in [1.807, 2.05) is 0 Å². The maximum absolute atomic E-state index is 10.9. The Morgan fingerprint density at radius 2 is 2.25 bits per heavy atom. The summed E-state index contributed by atoms with van der Waals surface area (Å²) in [6.45, 7) is 5.46. The van der Waals surface area contributed by atoms with E-state index in [1.165, 1.54) is 0 Å². The first-order valence-electron chi connectivity index (χ1n) is 3.73. The van der Waals surface area contributed by atoms with Crippen LogP contribution in [0.4, 0.5) is 0 Å². The van der Waals surface area contributed by atoms with Crippen LogP contribution >= 0.6 is 0 Å². The van der Waals surface area contributed by atoms with Crippen LogP contribution in [0.15, 0.2) is 5.11 Å². The molecule has 0 rings (SSSR count). The molecule has 0 saturated carbocycles. The molecule has 0 N–H and O–H groups in total. The van der Waals surface area contributed by atoms with Gasteiger partial charge < -0.3 is 4.74 Å². The van der Waals surface area contributed by atoms with Gasteiger partial charge in [0.05, 0.1) is 18.6 Å². The molecule has 0 aromatic heterocycles. The number of ether oxygens (including phenoxy) is 1. The van der Waals surface area contributed by atoms with E-state index in [2.05, 4.69) is 10.0 Å². The standard InChI is InChI=1S/C7H13N3O2/c1-4-12-6(11)5-7(2,3)9-10-8/h4-5H2,1-3H3. The lowest BCUT2D eigenvalue weighted by molar-refractivity contribution is -0.144. The largest absolute Gasteiger partial charge is 0.466 e. The zero-order valence-electron chi connectivity index (χ0n) is 7.57. The van der Waals surface area contributed by atoms with Gasteiger partial charge in [-0.3, -0.25) is 4.79 Å². The number of esters is 1. The highest BCUT2D eigenvalue weighted by Crippen LogP contribution is 2.14. The number of rotatable bonds is 4. The lowest BCUT2D eigenvalue weighted by atomic mass is 10.0. The van der Waals surface area contributed by atoms with Crippen LogP contribution in [0, 0.1) is 0 Å². The summed E-state index contributed by atoms with van der Waals surface area (Å²) in [7, 11) is 0. The zero-order valence-corrected chi connectivity index (χ0v) is 7.57. The normalized spacial score (nSPS) is 10.2. The van der Waals surface area contributed by atoms with Crippen molar-refractivity contribution in [1.82, 2.24) is 0 Å². The van der Waals surface area contributed by atoms with E-state index in [-0.39, 0.29) is 12.4 Å². The van der Waals surface area contributed by atoms with E-state index in [0.717, 1.165) is 0 Å². The van der Waals surface area contributed by atoms with E-state index in [0.29, 0.717) is 6.61 Å². The molecule has 0 radical (unpaired) electrons. The van der Waals surface area contributed by atoms with Crippen molar-refractivity contribution >= 4 is 5.97 Å². The molecule has 0 aliphatic carbocycles. The first-order valence-corrected chi connectivity index (χ1v) is 3.73. The molecule has 0 amide bonds. The second-order valence-electron chi connectivity index (χ2n) is 2.98. The monoisotopic (exact) mass is 171 g/mol. The fourth-order valence-corrected chi connectivity index (χ4v) is 0.722. The quantitative estimate of drug-likeness (QED) is 0.281. The van der Waals surface area contributed by atoms with Gasteiger partial charge in [0.15, 0.2) is 0 Å². The summed E-state index contributed by atoms with van der Waals surface area (Å²) in [6.07, 6.45) is 0.116. The molecule has 0 aliphatic rings. The van der Waals surface area contributed by atoms with Crippen LogP contribution in [0.25, 0.3) is 10.4 Å². The second kappa shape index (κ2) is 4.62. The van der Waals surface area contributed by atoms with E-state index in [9.17, 15) is 4.79 Å². The van der Waals surface area contributed by atoms with Gasteiger partial charge in [0.1, 0.15) is 0 Å². The molecule has 0 aromatic carbocycles. The third kappa shape index (κ3) is 4.57. The lowest BCUT2D eigenvalue weighted by Crippen LogP contribution is -2.22. The Balaban J connectivity index is 4.05. The summed E-state index contributed by atoms with van der Waals surface area (Å²) in [5.41, 5.74) is 7.46. The van der Waals surface area contributed by atoms with E-state index < -0.39 is 5.54 Å². The van der Waals surface area contributed by atoms with Crippen LogP contribution in [0.5, 0.6) is 0 Å². The van der Waals surface area contributed by atoms with E-state index in [1.54, 1.807) is 20.8 Å². The molecule has 5 heteroatoms. The Hall–Kier alpha value is -1.22. The molecular weight excluding hydrogens is 158 g/mol. The van der Waals surface area contributed by atoms with Gasteiger partial charge in [0, 0.05) is 4.91 Å². The topological polar surface area (TPSA) is 75.1 Å². The van der Waals surface area contributed by atoms with Gasteiger partial charge in [0.2, 0.25) is 0 Å². The minimum atomic E-state index is -0.693. The fourth-order valence-electron chi connectivity index (χ4n) is 0.722. The van der Waals surface area contributed by atoms with Crippen molar-refractivity contribution in [3.63, 3.8) is 0 Å². The van der Waals surface area contributed by atoms with Crippen molar-refractivity contribution < 1.29 is 9.53 Å². The number of carbonyl (C=O) groups excluding carboxylic acids is 1. The highest BCUT2D eigenvalue weighted by atomic mass is 16.5. The van der Waals surface area contributed by atoms with Crippen molar-refractivity contribution in [1.29, 1.82) is 0 Å². The van der Waals surface area contributed by atoms with Crippen molar-refractivity contribution in [3.8, 4) is 0 Å².